The predicted molar refractivity (Wildman–Crippen MR) is 110 cm³/mol. The van der Waals surface area contributed by atoms with E-state index in [9.17, 15) is 0 Å². The molecule has 3 heterocycles. The van der Waals surface area contributed by atoms with E-state index in [0.29, 0.717) is 6.04 Å². The van der Waals surface area contributed by atoms with Gasteiger partial charge in [0.25, 0.3) is 0 Å². The molecule has 0 unspecified atom stereocenters. The van der Waals surface area contributed by atoms with Gasteiger partial charge < -0.3 is 4.57 Å². The highest BCUT2D eigenvalue weighted by Crippen LogP contribution is 2.35. The van der Waals surface area contributed by atoms with Gasteiger partial charge in [0, 0.05) is 30.1 Å². The van der Waals surface area contributed by atoms with Gasteiger partial charge in [0.15, 0.2) is 10.6 Å². The summed E-state index contributed by atoms with van der Waals surface area (Å²) in [6.45, 7) is 6.19. The molecule has 1 atom stereocenters. The summed E-state index contributed by atoms with van der Waals surface area (Å²) in [5.74, 6) is 0.939. The first-order valence-electron chi connectivity index (χ1n) is 9.10. The second-order valence-electron chi connectivity index (χ2n) is 6.91. The molecule has 4 nitrogen and oxygen atoms in total. The van der Waals surface area contributed by atoms with Gasteiger partial charge in [-0.1, -0.05) is 31.2 Å². The summed E-state index contributed by atoms with van der Waals surface area (Å²) in [4.78, 5) is 4.05. The molecule has 0 saturated carbocycles. The highest BCUT2D eigenvalue weighted by Gasteiger charge is 2.27. The summed E-state index contributed by atoms with van der Waals surface area (Å²) in [5, 5.41) is 7.11. The number of hydrogen-bond acceptors (Lipinski definition) is 4. The first-order chi connectivity index (χ1) is 12.6. The number of nitrogens with zero attached hydrogens (tertiary/aromatic N) is 4. The number of thiophene rings is 1. The standard InChI is InChI=1S/C20H24N4S2/c1-4-17-16-10-12-26-18(16)9-11-23(17)13-24-20(25)22(3)19(21-24)15-8-6-5-7-14(15)2/h5-8,10,12,17H,4,9,11,13H2,1-3H3/t17-/m1/s1. The number of aryl methyl sites for hydroxylation is 1. The molecule has 136 valence electrons. The molecule has 0 amide bonds. The van der Waals surface area contributed by atoms with E-state index in [4.69, 9.17) is 17.3 Å². The quantitative estimate of drug-likeness (QED) is 0.595. The lowest BCUT2D eigenvalue weighted by Crippen LogP contribution is -2.36. The average molecular weight is 385 g/mol. The zero-order chi connectivity index (χ0) is 18.3. The van der Waals surface area contributed by atoms with Gasteiger partial charge in [-0.3, -0.25) is 4.90 Å². The van der Waals surface area contributed by atoms with Crippen molar-refractivity contribution in [3.05, 3.63) is 56.5 Å². The van der Waals surface area contributed by atoms with Crippen molar-refractivity contribution >= 4 is 23.6 Å². The lowest BCUT2D eigenvalue weighted by molar-refractivity contribution is 0.129. The van der Waals surface area contributed by atoms with E-state index in [1.807, 2.05) is 27.6 Å². The lowest BCUT2D eigenvalue weighted by atomic mass is 9.98. The third kappa shape index (κ3) is 2.96. The Morgan fingerprint density at radius 1 is 1.27 bits per heavy atom. The average Bonchev–Trinajstić information content (AvgIpc) is 3.22. The fourth-order valence-corrected chi connectivity index (χ4v) is 5.02. The molecule has 0 bridgehead atoms. The van der Waals surface area contributed by atoms with E-state index in [1.165, 1.54) is 11.1 Å². The Balaban J connectivity index is 1.67. The minimum absolute atomic E-state index is 0.454. The van der Waals surface area contributed by atoms with Crippen LogP contribution < -0.4 is 0 Å². The van der Waals surface area contributed by atoms with Crippen molar-refractivity contribution in [3.63, 3.8) is 0 Å². The molecule has 2 aromatic heterocycles. The largest absolute Gasteiger partial charge is 0.303 e. The number of hydrogen-bond donors (Lipinski definition) is 0. The third-order valence-electron chi connectivity index (χ3n) is 5.33. The predicted octanol–water partition coefficient (Wildman–Crippen LogP) is 4.95. The van der Waals surface area contributed by atoms with Gasteiger partial charge in [-0.25, -0.2) is 4.68 Å². The van der Waals surface area contributed by atoms with Gasteiger partial charge >= 0.3 is 0 Å². The third-order valence-corrected chi connectivity index (χ3v) is 6.82. The fraction of sp³-hybridized carbons (Fsp3) is 0.400. The van der Waals surface area contributed by atoms with E-state index < -0.39 is 0 Å². The summed E-state index contributed by atoms with van der Waals surface area (Å²) in [5.41, 5.74) is 3.85. The molecule has 3 aromatic rings. The van der Waals surface area contributed by atoms with Crippen LogP contribution in [-0.2, 0) is 20.1 Å². The zero-order valence-electron chi connectivity index (χ0n) is 15.5. The maximum Gasteiger partial charge on any atom is 0.199 e. The molecule has 0 spiro atoms. The van der Waals surface area contributed by atoms with Crippen LogP contribution in [0.3, 0.4) is 0 Å². The minimum atomic E-state index is 0.454. The van der Waals surface area contributed by atoms with Crippen LogP contribution in [-0.4, -0.2) is 25.8 Å². The monoisotopic (exact) mass is 384 g/mol. The molecule has 6 heteroatoms. The fourth-order valence-electron chi connectivity index (χ4n) is 3.91. The normalized spacial score (nSPS) is 17.4. The van der Waals surface area contributed by atoms with Gasteiger partial charge in [0.05, 0.1) is 6.67 Å². The second-order valence-corrected chi connectivity index (χ2v) is 8.27. The first kappa shape index (κ1) is 17.6. The SMILES string of the molecule is CC[C@@H]1c2ccsc2CCN1Cn1nc(-c2ccccc2C)n(C)c1=S. The van der Waals surface area contributed by atoms with Crippen molar-refractivity contribution in [2.24, 2.45) is 7.05 Å². The first-order valence-corrected chi connectivity index (χ1v) is 10.4. The van der Waals surface area contributed by atoms with E-state index in [-0.39, 0.29) is 0 Å². The van der Waals surface area contributed by atoms with Gasteiger partial charge in [-0.2, -0.15) is 5.10 Å². The van der Waals surface area contributed by atoms with Crippen LogP contribution in [0, 0.1) is 11.7 Å². The van der Waals surface area contributed by atoms with Crippen molar-refractivity contribution in [2.75, 3.05) is 6.54 Å². The van der Waals surface area contributed by atoms with Crippen LogP contribution in [0.5, 0.6) is 0 Å². The van der Waals surface area contributed by atoms with Gasteiger partial charge in [0.1, 0.15) is 0 Å². The van der Waals surface area contributed by atoms with Crippen molar-refractivity contribution in [1.82, 2.24) is 19.2 Å². The summed E-state index contributed by atoms with van der Waals surface area (Å²) < 4.78 is 4.78. The molecule has 4 rings (SSSR count). The zero-order valence-corrected chi connectivity index (χ0v) is 17.1. The maximum atomic E-state index is 5.70. The molecule has 0 saturated heterocycles. The molecule has 0 fully saturated rings. The molecular formula is C20H24N4S2. The smallest absolute Gasteiger partial charge is 0.199 e. The Kier molecular flexibility index (Phi) is 4.82. The Hall–Kier alpha value is -1.76. The highest BCUT2D eigenvalue weighted by molar-refractivity contribution is 7.71. The van der Waals surface area contributed by atoms with Crippen LogP contribution in [0.1, 0.15) is 35.4 Å². The van der Waals surface area contributed by atoms with Crippen molar-refractivity contribution in [3.8, 4) is 11.4 Å². The van der Waals surface area contributed by atoms with Gasteiger partial charge in [-0.05, 0) is 54.6 Å². The topological polar surface area (TPSA) is 26.0 Å². The van der Waals surface area contributed by atoms with E-state index in [0.717, 1.165) is 42.2 Å². The van der Waals surface area contributed by atoms with Gasteiger partial charge in [0.2, 0.25) is 0 Å². The van der Waals surface area contributed by atoms with E-state index in [1.54, 1.807) is 4.88 Å². The summed E-state index contributed by atoms with van der Waals surface area (Å²) in [6, 6.07) is 11.1. The van der Waals surface area contributed by atoms with Crippen molar-refractivity contribution in [2.45, 2.75) is 39.4 Å². The van der Waals surface area contributed by atoms with Crippen LogP contribution >= 0.6 is 23.6 Å². The maximum absolute atomic E-state index is 5.70. The van der Waals surface area contributed by atoms with Crippen molar-refractivity contribution in [1.29, 1.82) is 0 Å². The number of benzene rings is 1. The number of rotatable bonds is 4. The molecule has 26 heavy (non-hydrogen) atoms. The number of fused-ring (bicyclic) bond motifs is 1. The van der Waals surface area contributed by atoms with Crippen molar-refractivity contribution < 1.29 is 0 Å². The molecule has 1 aliphatic heterocycles. The molecule has 0 aliphatic carbocycles. The Morgan fingerprint density at radius 3 is 2.85 bits per heavy atom. The molecular weight excluding hydrogens is 360 g/mol. The summed E-state index contributed by atoms with van der Waals surface area (Å²) >= 11 is 7.59. The van der Waals surface area contributed by atoms with Crippen LogP contribution in [0.15, 0.2) is 35.7 Å². The Labute approximate surface area is 163 Å². The Morgan fingerprint density at radius 2 is 2.08 bits per heavy atom. The summed E-state index contributed by atoms with van der Waals surface area (Å²) in [7, 11) is 2.01. The van der Waals surface area contributed by atoms with Crippen LogP contribution in [0.25, 0.3) is 11.4 Å². The molecule has 0 radical (unpaired) electrons. The highest BCUT2D eigenvalue weighted by atomic mass is 32.1. The lowest BCUT2D eigenvalue weighted by Gasteiger charge is -2.35. The van der Waals surface area contributed by atoms with Crippen LogP contribution in [0.2, 0.25) is 0 Å². The molecule has 1 aromatic carbocycles. The molecule has 0 N–H and O–H groups in total. The number of aromatic nitrogens is 3. The second kappa shape index (κ2) is 7.10. The minimum Gasteiger partial charge on any atom is -0.303 e. The van der Waals surface area contributed by atoms with Gasteiger partial charge in [-0.15, -0.1) is 11.3 Å². The Bertz CT molecular complexity index is 982. The summed E-state index contributed by atoms with van der Waals surface area (Å²) in [6.07, 6.45) is 2.23. The van der Waals surface area contributed by atoms with E-state index in [2.05, 4.69) is 54.5 Å². The molecule has 1 aliphatic rings. The van der Waals surface area contributed by atoms with E-state index >= 15 is 0 Å². The van der Waals surface area contributed by atoms with Crippen LogP contribution in [0.4, 0.5) is 0 Å².